The van der Waals surface area contributed by atoms with Gasteiger partial charge < -0.3 is 10.4 Å². The lowest BCUT2D eigenvalue weighted by molar-refractivity contribution is 0.149. The van der Waals surface area contributed by atoms with E-state index in [-0.39, 0.29) is 6.10 Å². The van der Waals surface area contributed by atoms with Crippen LogP contribution in [0.15, 0.2) is 0 Å². The van der Waals surface area contributed by atoms with Crippen LogP contribution >= 0.6 is 0 Å². The largest absolute Gasteiger partial charge is 0.392 e. The van der Waals surface area contributed by atoms with Gasteiger partial charge in [0.1, 0.15) is 0 Å². The summed E-state index contributed by atoms with van der Waals surface area (Å²) in [7, 11) is 0. The number of rotatable bonds is 6. The van der Waals surface area contributed by atoms with Crippen molar-refractivity contribution in [2.45, 2.75) is 64.5 Å². The summed E-state index contributed by atoms with van der Waals surface area (Å²) < 4.78 is 0. The van der Waals surface area contributed by atoms with Crippen molar-refractivity contribution < 1.29 is 5.11 Å². The molecule has 1 unspecified atom stereocenters. The summed E-state index contributed by atoms with van der Waals surface area (Å²) in [5, 5.41) is 13.0. The zero-order valence-electron chi connectivity index (χ0n) is 9.63. The van der Waals surface area contributed by atoms with E-state index in [1.165, 1.54) is 32.1 Å². The fourth-order valence-electron chi connectivity index (χ4n) is 2.20. The van der Waals surface area contributed by atoms with Crippen LogP contribution in [0, 0.1) is 5.92 Å². The Morgan fingerprint density at radius 2 is 1.93 bits per heavy atom. The van der Waals surface area contributed by atoms with E-state index < -0.39 is 0 Å². The summed E-state index contributed by atoms with van der Waals surface area (Å²) in [6, 6.07) is 0.483. The van der Waals surface area contributed by atoms with Crippen LogP contribution in [0.1, 0.15) is 52.4 Å². The normalized spacial score (nSPS) is 20.6. The van der Waals surface area contributed by atoms with Gasteiger partial charge in [0.2, 0.25) is 0 Å². The van der Waals surface area contributed by atoms with Crippen LogP contribution in [0.2, 0.25) is 0 Å². The Morgan fingerprint density at radius 3 is 2.50 bits per heavy atom. The summed E-state index contributed by atoms with van der Waals surface area (Å²) in [5.41, 5.74) is 0. The first-order valence-electron chi connectivity index (χ1n) is 6.10. The third-order valence-corrected chi connectivity index (χ3v) is 3.14. The lowest BCUT2D eigenvalue weighted by atomic mass is 9.99. The standard InChI is InChI=1S/C12H25NO/c1-10(2)13-9-12(14)8-7-11-5-3-4-6-11/h10-14H,3-9H2,1-2H3. The molecular formula is C12H25NO. The van der Waals surface area contributed by atoms with Crippen LogP contribution in [0.5, 0.6) is 0 Å². The van der Waals surface area contributed by atoms with Crippen molar-refractivity contribution in [1.29, 1.82) is 0 Å². The molecule has 1 rings (SSSR count). The predicted octanol–water partition coefficient (Wildman–Crippen LogP) is 2.32. The van der Waals surface area contributed by atoms with Gasteiger partial charge in [0.05, 0.1) is 6.10 Å². The quantitative estimate of drug-likeness (QED) is 0.688. The summed E-state index contributed by atoms with van der Waals surface area (Å²) in [6.45, 7) is 4.98. The van der Waals surface area contributed by atoms with Gasteiger partial charge in [0.15, 0.2) is 0 Å². The van der Waals surface area contributed by atoms with Crippen molar-refractivity contribution in [3.05, 3.63) is 0 Å². The van der Waals surface area contributed by atoms with Crippen LogP contribution in [-0.4, -0.2) is 23.8 Å². The van der Waals surface area contributed by atoms with Gasteiger partial charge in [-0.15, -0.1) is 0 Å². The molecule has 14 heavy (non-hydrogen) atoms. The van der Waals surface area contributed by atoms with Crippen LogP contribution in [0.25, 0.3) is 0 Å². The van der Waals surface area contributed by atoms with Gasteiger partial charge in [-0.3, -0.25) is 0 Å². The molecular weight excluding hydrogens is 174 g/mol. The van der Waals surface area contributed by atoms with E-state index >= 15 is 0 Å². The Morgan fingerprint density at radius 1 is 1.29 bits per heavy atom. The molecule has 2 N–H and O–H groups in total. The first-order chi connectivity index (χ1) is 6.68. The van der Waals surface area contributed by atoms with Gasteiger partial charge in [-0.05, 0) is 18.8 Å². The summed E-state index contributed by atoms with van der Waals surface area (Å²) in [4.78, 5) is 0. The maximum absolute atomic E-state index is 9.70. The van der Waals surface area contributed by atoms with Crippen LogP contribution in [-0.2, 0) is 0 Å². The molecule has 2 nitrogen and oxygen atoms in total. The fourth-order valence-corrected chi connectivity index (χ4v) is 2.20. The van der Waals surface area contributed by atoms with Crippen molar-refractivity contribution in [1.82, 2.24) is 5.32 Å². The third-order valence-electron chi connectivity index (χ3n) is 3.14. The van der Waals surface area contributed by atoms with E-state index in [9.17, 15) is 5.11 Å². The van der Waals surface area contributed by atoms with Crippen LogP contribution in [0.4, 0.5) is 0 Å². The number of hydrogen-bond acceptors (Lipinski definition) is 2. The summed E-state index contributed by atoms with van der Waals surface area (Å²) >= 11 is 0. The molecule has 0 spiro atoms. The minimum absolute atomic E-state index is 0.141. The van der Waals surface area contributed by atoms with Gasteiger partial charge in [0, 0.05) is 12.6 Å². The number of nitrogens with one attached hydrogen (secondary N) is 1. The van der Waals surface area contributed by atoms with Gasteiger partial charge in [-0.2, -0.15) is 0 Å². The second-order valence-electron chi connectivity index (χ2n) is 4.94. The molecule has 0 saturated heterocycles. The highest BCUT2D eigenvalue weighted by Crippen LogP contribution is 2.28. The molecule has 0 bridgehead atoms. The molecule has 0 aromatic heterocycles. The summed E-state index contributed by atoms with van der Waals surface area (Å²) in [6.07, 6.45) is 7.66. The first kappa shape index (κ1) is 12.0. The highest BCUT2D eigenvalue weighted by atomic mass is 16.3. The minimum Gasteiger partial charge on any atom is -0.392 e. The zero-order valence-corrected chi connectivity index (χ0v) is 9.63. The predicted molar refractivity (Wildman–Crippen MR) is 60.3 cm³/mol. The fraction of sp³-hybridized carbons (Fsp3) is 1.00. The zero-order chi connectivity index (χ0) is 10.4. The molecule has 0 radical (unpaired) electrons. The number of hydrogen-bond donors (Lipinski definition) is 2. The second kappa shape index (κ2) is 6.41. The Bertz CT molecular complexity index is 141. The third kappa shape index (κ3) is 4.97. The SMILES string of the molecule is CC(C)NCC(O)CCC1CCCC1. The van der Waals surface area contributed by atoms with E-state index in [0.717, 1.165) is 18.9 Å². The van der Waals surface area contributed by atoms with Crippen molar-refractivity contribution in [2.24, 2.45) is 5.92 Å². The Labute approximate surface area is 88.1 Å². The van der Waals surface area contributed by atoms with Crippen molar-refractivity contribution in [3.8, 4) is 0 Å². The molecule has 1 fully saturated rings. The smallest absolute Gasteiger partial charge is 0.0664 e. The molecule has 0 heterocycles. The Hall–Kier alpha value is -0.0800. The van der Waals surface area contributed by atoms with Gasteiger partial charge in [0.25, 0.3) is 0 Å². The molecule has 2 heteroatoms. The Kier molecular flexibility index (Phi) is 5.49. The molecule has 1 aliphatic rings. The van der Waals surface area contributed by atoms with Crippen molar-refractivity contribution in [2.75, 3.05) is 6.54 Å². The van der Waals surface area contributed by atoms with E-state index in [1.54, 1.807) is 0 Å². The Balaban J connectivity index is 1.99. The number of aliphatic hydroxyl groups excluding tert-OH is 1. The van der Waals surface area contributed by atoms with Crippen molar-refractivity contribution >= 4 is 0 Å². The van der Waals surface area contributed by atoms with Gasteiger partial charge >= 0.3 is 0 Å². The van der Waals surface area contributed by atoms with E-state index in [2.05, 4.69) is 19.2 Å². The van der Waals surface area contributed by atoms with Gasteiger partial charge in [-0.25, -0.2) is 0 Å². The average molecular weight is 199 g/mol. The molecule has 1 atom stereocenters. The molecule has 1 saturated carbocycles. The molecule has 0 aromatic rings. The average Bonchev–Trinajstić information content (AvgIpc) is 2.63. The maximum Gasteiger partial charge on any atom is 0.0664 e. The monoisotopic (exact) mass is 199 g/mol. The number of aliphatic hydroxyl groups is 1. The molecule has 84 valence electrons. The highest BCUT2D eigenvalue weighted by Gasteiger charge is 2.16. The first-order valence-corrected chi connectivity index (χ1v) is 6.10. The van der Waals surface area contributed by atoms with E-state index in [4.69, 9.17) is 0 Å². The minimum atomic E-state index is -0.141. The lowest BCUT2D eigenvalue weighted by Gasteiger charge is -2.16. The second-order valence-corrected chi connectivity index (χ2v) is 4.94. The molecule has 0 aromatic carbocycles. The molecule has 0 aliphatic heterocycles. The van der Waals surface area contributed by atoms with E-state index in [1.807, 2.05) is 0 Å². The van der Waals surface area contributed by atoms with Crippen molar-refractivity contribution in [3.63, 3.8) is 0 Å². The lowest BCUT2D eigenvalue weighted by Crippen LogP contribution is -2.32. The topological polar surface area (TPSA) is 32.3 Å². The van der Waals surface area contributed by atoms with E-state index in [0.29, 0.717) is 6.04 Å². The molecule has 1 aliphatic carbocycles. The molecule has 0 amide bonds. The maximum atomic E-state index is 9.70. The van der Waals surface area contributed by atoms with Gasteiger partial charge in [-0.1, -0.05) is 39.5 Å². The summed E-state index contributed by atoms with van der Waals surface area (Å²) in [5.74, 6) is 0.906. The highest BCUT2D eigenvalue weighted by molar-refractivity contribution is 4.70. The van der Waals surface area contributed by atoms with Crippen LogP contribution in [0.3, 0.4) is 0 Å². The van der Waals surface area contributed by atoms with Crippen LogP contribution < -0.4 is 5.32 Å².